The zero-order valence-corrected chi connectivity index (χ0v) is 12.6. The van der Waals surface area contributed by atoms with Crippen LogP contribution in [0.4, 0.5) is 11.7 Å². The Bertz CT molecular complexity index is 565. The molecule has 0 saturated carbocycles. The molecule has 0 amide bonds. The lowest BCUT2D eigenvalue weighted by molar-refractivity contribution is 0.472. The number of hydrogen-bond donors (Lipinski definition) is 1. The molecule has 0 saturated heterocycles. The third-order valence-corrected chi connectivity index (χ3v) is 3.16. The van der Waals surface area contributed by atoms with Crippen molar-refractivity contribution in [1.82, 2.24) is 15.5 Å². The summed E-state index contributed by atoms with van der Waals surface area (Å²) >= 11 is 0. The van der Waals surface area contributed by atoms with Crippen LogP contribution >= 0.6 is 0 Å². The van der Waals surface area contributed by atoms with Crippen LogP contribution in [-0.4, -0.2) is 23.8 Å². The summed E-state index contributed by atoms with van der Waals surface area (Å²) in [6.45, 7) is 7.85. The standard InChI is InChI=1S/C15H22N4O/c1-5-8-16-10-14-17-18-15(20-14)19(4)13-7-6-11(2)9-12(13)3/h6-7,9,16H,5,8,10H2,1-4H3. The fourth-order valence-electron chi connectivity index (χ4n) is 2.11. The van der Waals surface area contributed by atoms with Crippen LogP contribution in [-0.2, 0) is 6.54 Å². The highest BCUT2D eigenvalue weighted by Crippen LogP contribution is 2.26. The molecular formula is C15H22N4O. The van der Waals surface area contributed by atoms with Gasteiger partial charge in [0.25, 0.3) is 0 Å². The van der Waals surface area contributed by atoms with Gasteiger partial charge in [-0.2, -0.15) is 0 Å². The Balaban J connectivity index is 2.10. The largest absolute Gasteiger partial charge is 0.406 e. The Morgan fingerprint density at radius 1 is 1.25 bits per heavy atom. The second-order valence-electron chi connectivity index (χ2n) is 5.00. The Morgan fingerprint density at radius 2 is 2.05 bits per heavy atom. The van der Waals surface area contributed by atoms with E-state index in [0.717, 1.165) is 18.7 Å². The number of anilines is 2. The highest BCUT2D eigenvalue weighted by molar-refractivity contribution is 5.60. The van der Waals surface area contributed by atoms with Gasteiger partial charge in [0, 0.05) is 12.7 Å². The normalized spacial score (nSPS) is 10.8. The summed E-state index contributed by atoms with van der Waals surface area (Å²) in [7, 11) is 1.94. The van der Waals surface area contributed by atoms with Crippen LogP contribution in [0, 0.1) is 13.8 Å². The van der Waals surface area contributed by atoms with Crippen LogP contribution in [0.25, 0.3) is 0 Å². The number of nitrogens with one attached hydrogen (secondary N) is 1. The Hall–Kier alpha value is -1.88. The van der Waals surface area contributed by atoms with Crippen LogP contribution in [0.2, 0.25) is 0 Å². The SMILES string of the molecule is CCCNCc1nnc(N(C)c2ccc(C)cc2C)o1. The van der Waals surface area contributed by atoms with Crippen molar-refractivity contribution in [2.75, 3.05) is 18.5 Å². The van der Waals surface area contributed by atoms with Gasteiger partial charge in [-0.15, -0.1) is 5.10 Å². The minimum Gasteiger partial charge on any atom is -0.406 e. The summed E-state index contributed by atoms with van der Waals surface area (Å²) in [4.78, 5) is 1.92. The number of benzene rings is 1. The average molecular weight is 274 g/mol. The summed E-state index contributed by atoms with van der Waals surface area (Å²) in [6.07, 6.45) is 1.09. The number of aryl methyl sites for hydroxylation is 2. The van der Waals surface area contributed by atoms with E-state index in [4.69, 9.17) is 4.42 Å². The van der Waals surface area contributed by atoms with Crippen LogP contribution in [0.15, 0.2) is 22.6 Å². The fourth-order valence-corrected chi connectivity index (χ4v) is 2.11. The summed E-state index contributed by atoms with van der Waals surface area (Å²) < 4.78 is 5.67. The Labute approximate surface area is 120 Å². The maximum atomic E-state index is 5.67. The number of rotatable bonds is 6. The molecule has 0 aliphatic heterocycles. The van der Waals surface area contributed by atoms with E-state index in [1.807, 2.05) is 11.9 Å². The van der Waals surface area contributed by atoms with Crippen LogP contribution < -0.4 is 10.2 Å². The van der Waals surface area contributed by atoms with E-state index < -0.39 is 0 Å². The summed E-state index contributed by atoms with van der Waals surface area (Å²) in [5.74, 6) is 0.616. The highest BCUT2D eigenvalue weighted by Gasteiger charge is 2.13. The van der Waals surface area contributed by atoms with Crippen LogP contribution in [0.3, 0.4) is 0 Å². The van der Waals surface area contributed by atoms with E-state index in [0.29, 0.717) is 18.5 Å². The van der Waals surface area contributed by atoms with Gasteiger partial charge in [0.15, 0.2) is 0 Å². The van der Waals surface area contributed by atoms with Crippen LogP contribution in [0.5, 0.6) is 0 Å². The first kappa shape index (κ1) is 14.5. The molecule has 0 atom stereocenters. The highest BCUT2D eigenvalue weighted by atomic mass is 16.4. The molecule has 1 heterocycles. The molecule has 2 aromatic rings. The van der Waals surface area contributed by atoms with E-state index >= 15 is 0 Å². The van der Waals surface area contributed by atoms with Gasteiger partial charge in [0.1, 0.15) is 0 Å². The Kier molecular flexibility index (Phi) is 4.74. The van der Waals surface area contributed by atoms with Gasteiger partial charge in [-0.25, -0.2) is 0 Å². The van der Waals surface area contributed by atoms with Crippen molar-refractivity contribution in [3.05, 3.63) is 35.2 Å². The van der Waals surface area contributed by atoms with E-state index in [2.05, 4.69) is 54.5 Å². The molecule has 1 aromatic carbocycles. The summed E-state index contributed by atoms with van der Waals surface area (Å²) in [5, 5.41) is 11.4. The second kappa shape index (κ2) is 6.52. The van der Waals surface area contributed by atoms with E-state index in [-0.39, 0.29) is 0 Å². The van der Waals surface area contributed by atoms with Gasteiger partial charge >= 0.3 is 6.01 Å². The molecule has 20 heavy (non-hydrogen) atoms. The molecule has 0 fully saturated rings. The smallest absolute Gasteiger partial charge is 0.322 e. The van der Waals surface area contributed by atoms with Gasteiger partial charge in [-0.1, -0.05) is 29.7 Å². The van der Waals surface area contributed by atoms with Gasteiger partial charge in [-0.3, -0.25) is 4.90 Å². The Morgan fingerprint density at radius 3 is 2.75 bits per heavy atom. The zero-order valence-electron chi connectivity index (χ0n) is 12.6. The first-order chi connectivity index (χ1) is 9.61. The summed E-state index contributed by atoms with van der Waals surface area (Å²) in [6, 6.07) is 6.82. The summed E-state index contributed by atoms with van der Waals surface area (Å²) in [5.41, 5.74) is 3.51. The molecule has 5 nitrogen and oxygen atoms in total. The van der Waals surface area contributed by atoms with Crippen molar-refractivity contribution in [2.45, 2.75) is 33.7 Å². The molecule has 0 radical (unpaired) electrons. The monoisotopic (exact) mass is 274 g/mol. The lowest BCUT2D eigenvalue weighted by Crippen LogP contribution is -2.14. The minimum absolute atomic E-state index is 0.519. The maximum absolute atomic E-state index is 5.67. The van der Waals surface area contributed by atoms with Crippen LogP contribution in [0.1, 0.15) is 30.4 Å². The molecule has 0 aliphatic rings. The average Bonchev–Trinajstić information content (AvgIpc) is 2.87. The fraction of sp³-hybridized carbons (Fsp3) is 0.467. The lowest BCUT2D eigenvalue weighted by Gasteiger charge is -2.17. The molecule has 0 aliphatic carbocycles. The molecule has 108 valence electrons. The van der Waals surface area contributed by atoms with Gasteiger partial charge in [0.2, 0.25) is 5.89 Å². The van der Waals surface area contributed by atoms with Gasteiger partial charge in [-0.05, 0) is 38.4 Å². The third-order valence-electron chi connectivity index (χ3n) is 3.16. The first-order valence-corrected chi connectivity index (χ1v) is 6.96. The molecule has 2 rings (SSSR count). The van der Waals surface area contributed by atoms with Crippen molar-refractivity contribution >= 4 is 11.7 Å². The molecular weight excluding hydrogens is 252 g/mol. The second-order valence-corrected chi connectivity index (χ2v) is 5.00. The van der Waals surface area contributed by atoms with E-state index in [1.165, 1.54) is 11.1 Å². The van der Waals surface area contributed by atoms with Crippen molar-refractivity contribution in [2.24, 2.45) is 0 Å². The minimum atomic E-state index is 0.519. The molecule has 0 bridgehead atoms. The third kappa shape index (κ3) is 3.36. The lowest BCUT2D eigenvalue weighted by atomic mass is 10.1. The molecule has 1 aromatic heterocycles. The van der Waals surface area contributed by atoms with E-state index in [1.54, 1.807) is 0 Å². The predicted molar refractivity (Wildman–Crippen MR) is 80.3 cm³/mol. The number of hydrogen-bond acceptors (Lipinski definition) is 5. The number of nitrogens with zero attached hydrogens (tertiary/aromatic N) is 3. The zero-order chi connectivity index (χ0) is 14.5. The number of aromatic nitrogens is 2. The van der Waals surface area contributed by atoms with Gasteiger partial charge in [0.05, 0.1) is 6.54 Å². The molecule has 5 heteroatoms. The molecule has 0 spiro atoms. The van der Waals surface area contributed by atoms with Crippen molar-refractivity contribution in [3.8, 4) is 0 Å². The first-order valence-electron chi connectivity index (χ1n) is 6.96. The van der Waals surface area contributed by atoms with Gasteiger partial charge < -0.3 is 9.73 Å². The predicted octanol–water partition coefficient (Wildman–Crippen LogP) is 2.95. The van der Waals surface area contributed by atoms with E-state index in [9.17, 15) is 0 Å². The topological polar surface area (TPSA) is 54.2 Å². The molecule has 1 N–H and O–H groups in total. The van der Waals surface area contributed by atoms with Crippen molar-refractivity contribution in [1.29, 1.82) is 0 Å². The quantitative estimate of drug-likeness (QED) is 0.821. The van der Waals surface area contributed by atoms with Crippen molar-refractivity contribution < 1.29 is 4.42 Å². The maximum Gasteiger partial charge on any atom is 0.322 e. The van der Waals surface area contributed by atoms with Crippen molar-refractivity contribution in [3.63, 3.8) is 0 Å². The molecule has 0 unspecified atom stereocenters.